The normalized spacial score (nSPS) is 12.2. The maximum Gasteiger partial charge on any atom is 0.252 e. The minimum Gasteiger partial charge on any atom is -0.396 e. The maximum absolute atomic E-state index is 11.8. The highest BCUT2D eigenvalue weighted by Gasteiger charge is 2.12. The van der Waals surface area contributed by atoms with Gasteiger partial charge in [-0.3, -0.25) is 4.79 Å². The number of aliphatic hydroxyl groups excluding tert-OH is 1. The quantitative estimate of drug-likeness (QED) is 0.892. The third-order valence-electron chi connectivity index (χ3n) is 2.31. The van der Waals surface area contributed by atoms with Crippen LogP contribution >= 0.6 is 15.9 Å². The van der Waals surface area contributed by atoms with Gasteiger partial charge in [0.25, 0.3) is 5.91 Å². The highest BCUT2D eigenvalue weighted by molar-refractivity contribution is 9.10. The van der Waals surface area contributed by atoms with E-state index in [9.17, 15) is 4.79 Å². The van der Waals surface area contributed by atoms with Crippen LogP contribution in [-0.2, 0) is 0 Å². The van der Waals surface area contributed by atoms with Gasteiger partial charge in [-0.15, -0.1) is 0 Å². The molecule has 0 aliphatic heterocycles. The number of halogens is 1. The molecular formula is C12H16BrNO2. The summed E-state index contributed by atoms with van der Waals surface area (Å²) in [5.74, 6) is -0.118. The predicted molar refractivity (Wildman–Crippen MR) is 67.5 cm³/mol. The summed E-state index contributed by atoms with van der Waals surface area (Å²) in [6.07, 6.45) is 0.565. The molecule has 2 N–H and O–H groups in total. The van der Waals surface area contributed by atoms with Crippen molar-refractivity contribution in [1.82, 2.24) is 5.32 Å². The van der Waals surface area contributed by atoms with Crippen molar-refractivity contribution in [3.8, 4) is 0 Å². The Morgan fingerprint density at radius 1 is 1.56 bits per heavy atom. The lowest BCUT2D eigenvalue weighted by Gasteiger charge is -2.13. The SMILES string of the molecule is Cc1ccc(C(=O)NC(C)CCO)c(Br)c1. The molecule has 0 saturated carbocycles. The average Bonchev–Trinajstić information content (AvgIpc) is 2.17. The summed E-state index contributed by atoms with van der Waals surface area (Å²) in [5.41, 5.74) is 1.72. The molecule has 1 rings (SSSR count). The molecule has 4 heteroatoms. The van der Waals surface area contributed by atoms with Gasteiger partial charge in [-0.25, -0.2) is 0 Å². The van der Waals surface area contributed by atoms with Gasteiger partial charge in [-0.05, 0) is 53.9 Å². The molecule has 1 unspecified atom stereocenters. The van der Waals surface area contributed by atoms with E-state index in [0.29, 0.717) is 12.0 Å². The topological polar surface area (TPSA) is 49.3 Å². The van der Waals surface area contributed by atoms with Crippen LogP contribution in [0.4, 0.5) is 0 Å². The Morgan fingerprint density at radius 2 is 2.25 bits per heavy atom. The standard InChI is InChI=1S/C12H16BrNO2/c1-8-3-4-10(11(13)7-8)12(16)14-9(2)5-6-15/h3-4,7,9,15H,5-6H2,1-2H3,(H,14,16). The molecule has 0 aromatic heterocycles. The van der Waals surface area contributed by atoms with Crippen LogP contribution in [0.1, 0.15) is 29.3 Å². The van der Waals surface area contributed by atoms with Gasteiger partial charge in [0.15, 0.2) is 0 Å². The number of amides is 1. The summed E-state index contributed by atoms with van der Waals surface area (Å²) in [7, 11) is 0. The van der Waals surface area contributed by atoms with Crippen molar-refractivity contribution in [2.45, 2.75) is 26.3 Å². The molecule has 1 atom stereocenters. The smallest absolute Gasteiger partial charge is 0.252 e. The molecule has 0 radical (unpaired) electrons. The van der Waals surface area contributed by atoms with Crippen LogP contribution in [0.15, 0.2) is 22.7 Å². The molecule has 0 aliphatic carbocycles. The molecule has 3 nitrogen and oxygen atoms in total. The fourth-order valence-corrected chi connectivity index (χ4v) is 2.04. The van der Waals surface area contributed by atoms with Crippen molar-refractivity contribution < 1.29 is 9.90 Å². The Morgan fingerprint density at radius 3 is 2.81 bits per heavy atom. The highest BCUT2D eigenvalue weighted by Crippen LogP contribution is 2.18. The van der Waals surface area contributed by atoms with E-state index in [4.69, 9.17) is 5.11 Å². The van der Waals surface area contributed by atoms with E-state index in [1.165, 1.54) is 0 Å². The molecule has 1 amide bonds. The first-order valence-corrected chi connectivity index (χ1v) is 6.01. The van der Waals surface area contributed by atoms with Gasteiger partial charge in [0.2, 0.25) is 0 Å². The van der Waals surface area contributed by atoms with E-state index < -0.39 is 0 Å². The molecule has 1 aromatic rings. The van der Waals surface area contributed by atoms with E-state index in [1.54, 1.807) is 6.07 Å². The number of carbonyl (C=O) groups is 1. The molecule has 0 spiro atoms. The van der Waals surface area contributed by atoms with Crippen molar-refractivity contribution in [3.05, 3.63) is 33.8 Å². The monoisotopic (exact) mass is 285 g/mol. The fourth-order valence-electron chi connectivity index (χ4n) is 1.37. The molecule has 0 aliphatic rings. The lowest BCUT2D eigenvalue weighted by molar-refractivity contribution is 0.0933. The summed E-state index contributed by atoms with van der Waals surface area (Å²) in [5, 5.41) is 11.6. The van der Waals surface area contributed by atoms with Crippen molar-refractivity contribution >= 4 is 21.8 Å². The van der Waals surface area contributed by atoms with E-state index in [2.05, 4.69) is 21.2 Å². The van der Waals surface area contributed by atoms with Crippen molar-refractivity contribution in [2.75, 3.05) is 6.61 Å². The molecule has 88 valence electrons. The first-order valence-electron chi connectivity index (χ1n) is 5.22. The van der Waals surface area contributed by atoms with Gasteiger partial charge in [0, 0.05) is 17.1 Å². The number of rotatable bonds is 4. The molecule has 0 bridgehead atoms. The number of nitrogens with one attached hydrogen (secondary N) is 1. The Kier molecular flexibility index (Phi) is 4.96. The lowest BCUT2D eigenvalue weighted by atomic mass is 10.1. The zero-order valence-corrected chi connectivity index (χ0v) is 11.0. The van der Waals surface area contributed by atoms with Gasteiger partial charge in [0.05, 0.1) is 5.56 Å². The number of hydrogen-bond acceptors (Lipinski definition) is 2. The Bertz CT molecular complexity index is 379. The Labute approximate surface area is 104 Å². The van der Waals surface area contributed by atoms with Crippen molar-refractivity contribution in [2.24, 2.45) is 0 Å². The first-order chi connectivity index (χ1) is 7.54. The minimum atomic E-state index is -0.118. The molecule has 0 fully saturated rings. The Hall–Kier alpha value is -0.870. The largest absolute Gasteiger partial charge is 0.396 e. The van der Waals surface area contributed by atoms with Crippen molar-refractivity contribution in [3.63, 3.8) is 0 Å². The van der Waals surface area contributed by atoms with Crippen LogP contribution in [0.5, 0.6) is 0 Å². The second-order valence-corrected chi connectivity index (χ2v) is 4.72. The highest BCUT2D eigenvalue weighted by atomic mass is 79.9. The summed E-state index contributed by atoms with van der Waals surface area (Å²) in [6, 6.07) is 5.58. The molecule has 0 saturated heterocycles. The van der Waals surface area contributed by atoms with E-state index in [1.807, 2.05) is 26.0 Å². The molecule has 16 heavy (non-hydrogen) atoms. The van der Waals surface area contributed by atoms with Gasteiger partial charge in [0.1, 0.15) is 0 Å². The molecule has 1 aromatic carbocycles. The number of carbonyl (C=O) groups excluding carboxylic acids is 1. The lowest BCUT2D eigenvalue weighted by Crippen LogP contribution is -2.33. The third kappa shape index (κ3) is 3.61. The molecular weight excluding hydrogens is 270 g/mol. The third-order valence-corrected chi connectivity index (χ3v) is 2.96. The van der Waals surface area contributed by atoms with Gasteiger partial charge in [-0.1, -0.05) is 6.07 Å². The van der Waals surface area contributed by atoms with Crippen LogP contribution in [0.2, 0.25) is 0 Å². The van der Waals surface area contributed by atoms with Crippen LogP contribution in [0, 0.1) is 6.92 Å². The summed E-state index contributed by atoms with van der Waals surface area (Å²) in [4.78, 5) is 11.8. The van der Waals surface area contributed by atoms with E-state index in [-0.39, 0.29) is 18.6 Å². The van der Waals surface area contributed by atoms with Gasteiger partial charge >= 0.3 is 0 Å². The fraction of sp³-hybridized carbons (Fsp3) is 0.417. The minimum absolute atomic E-state index is 0.0225. The van der Waals surface area contributed by atoms with Crippen molar-refractivity contribution in [1.29, 1.82) is 0 Å². The number of aryl methyl sites for hydroxylation is 1. The zero-order chi connectivity index (χ0) is 12.1. The second-order valence-electron chi connectivity index (χ2n) is 3.87. The first kappa shape index (κ1) is 13.2. The zero-order valence-electron chi connectivity index (χ0n) is 9.46. The van der Waals surface area contributed by atoms with E-state index in [0.717, 1.165) is 10.0 Å². The Balaban J connectivity index is 2.73. The molecule has 0 heterocycles. The summed E-state index contributed by atoms with van der Waals surface area (Å²) in [6.45, 7) is 3.92. The maximum atomic E-state index is 11.8. The van der Waals surface area contributed by atoms with Crippen LogP contribution in [0.25, 0.3) is 0 Å². The van der Waals surface area contributed by atoms with Crippen LogP contribution in [-0.4, -0.2) is 23.7 Å². The predicted octanol–water partition coefficient (Wildman–Crippen LogP) is 2.26. The van der Waals surface area contributed by atoms with E-state index >= 15 is 0 Å². The summed E-state index contributed by atoms with van der Waals surface area (Å²) >= 11 is 3.37. The number of hydrogen-bond donors (Lipinski definition) is 2. The van der Waals surface area contributed by atoms with Gasteiger partial charge < -0.3 is 10.4 Å². The van der Waals surface area contributed by atoms with Crippen LogP contribution in [0.3, 0.4) is 0 Å². The number of aliphatic hydroxyl groups is 1. The second kappa shape index (κ2) is 6.01. The summed E-state index contributed by atoms with van der Waals surface area (Å²) < 4.78 is 0.793. The van der Waals surface area contributed by atoms with Gasteiger partial charge in [-0.2, -0.15) is 0 Å². The van der Waals surface area contributed by atoms with Crippen LogP contribution < -0.4 is 5.32 Å². The average molecular weight is 286 g/mol. The number of benzene rings is 1.